The number of methoxy groups -OCH3 is 2. The van der Waals surface area contributed by atoms with Crippen molar-refractivity contribution in [3.8, 4) is 22.9 Å². The van der Waals surface area contributed by atoms with Gasteiger partial charge in [-0.15, -0.1) is 0 Å². The molecule has 1 aromatic carbocycles. The van der Waals surface area contributed by atoms with E-state index in [0.29, 0.717) is 23.2 Å². The summed E-state index contributed by atoms with van der Waals surface area (Å²) in [7, 11) is 3.19. The van der Waals surface area contributed by atoms with Crippen molar-refractivity contribution in [2.45, 2.75) is 26.7 Å². The quantitative estimate of drug-likeness (QED) is 0.774. The van der Waals surface area contributed by atoms with Gasteiger partial charge in [0.15, 0.2) is 11.5 Å². The Morgan fingerprint density at radius 3 is 2.50 bits per heavy atom. The molecular formula is C17H20N4O3. The molecule has 0 aliphatic heterocycles. The zero-order valence-electron chi connectivity index (χ0n) is 14.4. The number of nitrogens with zero attached hydrogens (tertiary/aromatic N) is 3. The molecule has 0 saturated carbocycles. The van der Waals surface area contributed by atoms with Crippen molar-refractivity contribution in [3.63, 3.8) is 0 Å². The van der Waals surface area contributed by atoms with Gasteiger partial charge in [0.2, 0.25) is 11.7 Å². The average molecular weight is 328 g/mol. The summed E-state index contributed by atoms with van der Waals surface area (Å²) < 4.78 is 16.0. The molecule has 0 spiro atoms. The van der Waals surface area contributed by atoms with E-state index < -0.39 is 0 Å². The fraction of sp³-hybridized carbons (Fsp3) is 0.353. The van der Waals surface area contributed by atoms with E-state index >= 15 is 0 Å². The van der Waals surface area contributed by atoms with Crippen LogP contribution in [0.5, 0.6) is 11.5 Å². The molecule has 24 heavy (non-hydrogen) atoms. The molecule has 0 aliphatic carbocycles. The van der Waals surface area contributed by atoms with E-state index in [0.717, 1.165) is 22.5 Å². The molecule has 2 aromatic heterocycles. The average Bonchev–Trinajstić information content (AvgIpc) is 3.21. The third kappa shape index (κ3) is 2.73. The first-order valence-electron chi connectivity index (χ1n) is 7.62. The molecule has 3 aromatic rings. The molecule has 0 saturated heterocycles. The van der Waals surface area contributed by atoms with Gasteiger partial charge in [-0.25, -0.2) is 0 Å². The lowest BCUT2D eigenvalue weighted by Crippen LogP contribution is -1.99. The maximum absolute atomic E-state index is 5.47. The van der Waals surface area contributed by atoms with Crippen LogP contribution in [0.4, 0.5) is 0 Å². The Hall–Kier alpha value is -2.83. The largest absolute Gasteiger partial charge is 0.493 e. The van der Waals surface area contributed by atoms with E-state index in [1.807, 2.05) is 39.0 Å². The summed E-state index contributed by atoms with van der Waals surface area (Å²) in [4.78, 5) is 4.53. The Labute approximate surface area is 140 Å². The van der Waals surface area contributed by atoms with E-state index in [4.69, 9.17) is 14.0 Å². The molecule has 0 fully saturated rings. The summed E-state index contributed by atoms with van der Waals surface area (Å²) in [5, 5.41) is 11.3. The van der Waals surface area contributed by atoms with Crippen molar-refractivity contribution in [1.29, 1.82) is 0 Å². The summed E-state index contributed by atoms with van der Waals surface area (Å²) in [6.07, 6.45) is 0. The van der Waals surface area contributed by atoms with E-state index in [2.05, 4.69) is 20.3 Å². The van der Waals surface area contributed by atoms with Crippen LogP contribution in [-0.4, -0.2) is 34.6 Å². The van der Waals surface area contributed by atoms with E-state index in [-0.39, 0.29) is 5.92 Å². The molecule has 0 bridgehead atoms. The number of ether oxygens (including phenoxy) is 2. The van der Waals surface area contributed by atoms with Crippen LogP contribution >= 0.6 is 0 Å². The van der Waals surface area contributed by atoms with Crippen LogP contribution in [-0.2, 0) is 0 Å². The van der Waals surface area contributed by atoms with Crippen LogP contribution in [0.3, 0.4) is 0 Å². The first kappa shape index (κ1) is 16.0. The summed E-state index contributed by atoms with van der Waals surface area (Å²) in [5.41, 5.74) is 3.82. The lowest BCUT2D eigenvalue weighted by molar-refractivity contribution is 0.355. The maximum atomic E-state index is 5.47. The highest BCUT2D eigenvalue weighted by Gasteiger charge is 2.22. The number of rotatable bonds is 5. The minimum absolute atomic E-state index is 0.0369. The minimum Gasteiger partial charge on any atom is -0.493 e. The van der Waals surface area contributed by atoms with Crippen molar-refractivity contribution >= 4 is 0 Å². The third-order valence-corrected chi connectivity index (χ3v) is 4.07. The van der Waals surface area contributed by atoms with Crippen LogP contribution in [0.15, 0.2) is 22.7 Å². The molecule has 1 N–H and O–H groups in total. The zero-order valence-corrected chi connectivity index (χ0v) is 14.4. The molecule has 2 heterocycles. The predicted octanol–water partition coefficient (Wildman–Crippen LogP) is 3.25. The number of aromatic nitrogens is 4. The SMILES string of the molecule is COc1ccc(-c2noc(C(C)c3c(C)n[nH]c3C)n2)cc1OC. The van der Waals surface area contributed by atoms with Crippen molar-refractivity contribution in [3.05, 3.63) is 41.0 Å². The molecule has 0 amide bonds. The molecule has 126 valence electrons. The fourth-order valence-electron chi connectivity index (χ4n) is 2.82. The molecule has 3 rings (SSSR count). The maximum Gasteiger partial charge on any atom is 0.234 e. The van der Waals surface area contributed by atoms with Crippen molar-refractivity contribution in [2.75, 3.05) is 14.2 Å². The Balaban J connectivity index is 1.94. The minimum atomic E-state index is -0.0369. The Morgan fingerprint density at radius 2 is 1.88 bits per heavy atom. The molecule has 7 heteroatoms. The summed E-state index contributed by atoms with van der Waals surface area (Å²) in [6.45, 7) is 5.97. The standard InChI is InChI=1S/C17H20N4O3/c1-9(15-10(2)19-20-11(15)3)17-18-16(21-24-17)12-6-7-13(22-4)14(8-12)23-5/h6-9H,1-5H3,(H,19,20). The topological polar surface area (TPSA) is 86.1 Å². The number of nitrogens with one attached hydrogen (secondary N) is 1. The second-order valence-electron chi connectivity index (χ2n) is 5.60. The van der Waals surface area contributed by atoms with Crippen LogP contribution in [0.2, 0.25) is 0 Å². The van der Waals surface area contributed by atoms with Gasteiger partial charge in [0.1, 0.15) is 0 Å². The van der Waals surface area contributed by atoms with Crippen molar-refractivity contribution in [2.24, 2.45) is 0 Å². The lowest BCUT2D eigenvalue weighted by Gasteiger charge is -2.08. The van der Waals surface area contributed by atoms with Gasteiger partial charge in [0, 0.05) is 16.8 Å². The van der Waals surface area contributed by atoms with Gasteiger partial charge in [-0.3, -0.25) is 5.10 Å². The Morgan fingerprint density at radius 1 is 1.12 bits per heavy atom. The monoisotopic (exact) mass is 328 g/mol. The number of hydrogen-bond acceptors (Lipinski definition) is 6. The fourth-order valence-corrected chi connectivity index (χ4v) is 2.82. The highest BCUT2D eigenvalue weighted by atomic mass is 16.5. The van der Waals surface area contributed by atoms with E-state index in [1.165, 1.54) is 0 Å². The van der Waals surface area contributed by atoms with Crippen LogP contribution in [0.1, 0.15) is 35.7 Å². The van der Waals surface area contributed by atoms with Gasteiger partial charge in [-0.1, -0.05) is 5.16 Å². The molecule has 7 nitrogen and oxygen atoms in total. The van der Waals surface area contributed by atoms with Gasteiger partial charge in [0.05, 0.1) is 25.8 Å². The summed E-state index contributed by atoms with van der Waals surface area (Å²) in [6, 6.07) is 5.51. The normalized spacial score (nSPS) is 12.2. The molecule has 0 radical (unpaired) electrons. The van der Waals surface area contributed by atoms with Crippen LogP contribution < -0.4 is 9.47 Å². The van der Waals surface area contributed by atoms with Gasteiger partial charge in [0.25, 0.3) is 0 Å². The second-order valence-corrected chi connectivity index (χ2v) is 5.60. The van der Waals surface area contributed by atoms with E-state index in [1.54, 1.807) is 14.2 Å². The molecule has 1 atom stereocenters. The Bertz CT molecular complexity index is 834. The summed E-state index contributed by atoms with van der Waals surface area (Å²) >= 11 is 0. The number of H-pyrrole nitrogens is 1. The molecular weight excluding hydrogens is 308 g/mol. The summed E-state index contributed by atoms with van der Waals surface area (Å²) in [5.74, 6) is 2.30. The van der Waals surface area contributed by atoms with Gasteiger partial charge in [-0.2, -0.15) is 10.1 Å². The van der Waals surface area contributed by atoms with Gasteiger partial charge >= 0.3 is 0 Å². The number of aryl methyl sites for hydroxylation is 2. The van der Waals surface area contributed by atoms with Gasteiger partial charge in [-0.05, 0) is 39.0 Å². The number of benzene rings is 1. The number of aromatic amines is 1. The smallest absolute Gasteiger partial charge is 0.234 e. The van der Waals surface area contributed by atoms with Crippen molar-refractivity contribution in [1.82, 2.24) is 20.3 Å². The van der Waals surface area contributed by atoms with Gasteiger partial charge < -0.3 is 14.0 Å². The highest BCUT2D eigenvalue weighted by Crippen LogP contribution is 2.33. The van der Waals surface area contributed by atoms with Crippen LogP contribution in [0, 0.1) is 13.8 Å². The number of hydrogen-bond donors (Lipinski definition) is 1. The van der Waals surface area contributed by atoms with Crippen molar-refractivity contribution < 1.29 is 14.0 Å². The van der Waals surface area contributed by atoms with E-state index in [9.17, 15) is 0 Å². The predicted molar refractivity (Wildman–Crippen MR) is 88.4 cm³/mol. The second kappa shape index (κ2) is 6.35. The highest BCUT2D eigenvalue weighted by molar-refractivity contribution is 5.60. The molecule has 0 aliphatic rings. The lowest BCUT2D eigenvalue weighted by atomic mass is 9.99. The Kier molecular flexibility index (Phi) is 4.24. The van der Waals surface area contributed by atoms with Crippen LogP contribution in [0.25, 0.3) is 11.4 Å². The first-order valence-corrected chi connectivity index (χ1v) is 7.62. The first-order chi connectivity index (χ1) is 11.5. The third-order valence-electron chi connectivity index (χ3n) is 4.07. The zero-order chi connectivity index (χ0) is 17.3. The molecule has 1 unspecified atom stereocenters.